The summed E-state index contributed by atoms with van der Waals surface area (Å²) in [5.41, 5.74) is 4.04. The van der Waals surface area contributed by atoms with Crippen LogP contribution in [0.5, 0.6) is 5.75 Å². The molecule has 0 aliphatic carbocycles. The van der Waals surface area contributed by atoms with Gasteiger partial charge in [-0.1, -0.05) is 24.3 Å². The zero-order chi connectivity index (χ0) is 24.9. The van der Waals surface area contributed by atoms with Crippen LogP contribution < -0.4 is 15.4 Å². The molecule has 3 heterocycles. The number of aromatic nitrogens is 2. The Bertz CT molecular complexity index is 1390. The molecule has 0 unspecified atom stereocenters. The number of fused-ring (bicyclic) bond motifs is 1. The van der Waals surface area contributed by atoms with Gasteiger partial charge in [-0.15, -0.1) is 0 Å². The monoisotopic (exact) mass is 484 g/mol. The summed E-state index contributed by atoms with van der Waals surface area (Å²) in [4.78, 5) is 30.4. The second-order valence-corrected chi connectivity index (χ2v) is 8.82. The average molecular weight is 485 g/mol. The van der Waals surface area contributed by atoms with Crippen LogP contribution in [0.1, 0.15) is 44.8 Å². The van der Waals surface area contributed by atoms with E-state index in [4.69, 9.17) is 9.47 Å². The molecule has 1 fully saturated rings. The summed E-state index contributed by atoms with van der Waals surface area (Å²) < 4.78 is 13.4. The molecule has 1 aliphatic rings. The summed E-state index contributed by atoms with van der Waals surface area (Å²) in [5.74, 6) is -0.0247. The Morgan fingerprint density at radius 3 is 2.83 bits per heavy atom. The van der Waals surface area contributed by atoms with Gasteiger partial charge in [-0.3, -0.25) is 9.59 Å². The SMILES string of the molecule is Cc1cccn2cc(COc3cccc(C(=O)Nc4ccccc4C(=O)NC[C@@H]4CCCO4)c3)nc12. The number of para-hydroxylation sites is 1. The van der Waals surface area contributed by atoms with E-state index >= 15 is 0 Å². The normalized spacial score (nSPS) is 15.1. The van der Waals surface area contributed by atoms with Crippen molar-refractivity contribution in [1.29, 1.82) is 0 Å². The Labute approximate surface area is 209 Å². The summed E-state index contributed by atoms with van der Waals surface area (Å²) >= 11 is 0. The number of amides is 2. The third-order valence-electron chi connectivity index (χ3n) is 6.14. The molecule has 2 N–H and O–H groups in total. The van der Waals surface area contributed by atoms with E-state index in [1.54, 1.807) is 48.5 Å². The lowest BCUT2D eigenvalue weighted by Gasteiger charge is -2.14. The van der Waals surface area contributed by atoms with Gasteiger partial charge in [0.25, 0.3) is 11.8 Å². The van der Waals surface area contributed by atoms with Crippen LogP contribution in [0.3, 0.4) is 0 Å². The molecular weight excluding hydrogens is 456 g/mol. The smallest absolute Gasteiger partial charge is 0.255 e. The van der Waals surface area contributed by atoms with Crippen LogP contribution in [-0.2, 0) is 11.3 Å². The number of carbonyl (C=O) groups is 2. The van der Waals surface area contributed by atoms with E-state index in [9.17, 15) is 9.59 Å². The Morgan fingerprint density at radius 2 is 2.00 bits per heavy atom. The lowest BCUT2D eigenvalue weighted by Crippen LogP contribution is -2.32. The van der Waals surface area contributed by atoms with Gasteiger partial charge in [0.05, 0.1) is 23.0 Å². The molecule has 0 bridgehead atoms. The summed E-state index contributed by atoms with van der Waals surface area (Å²) in [5, 5.41) is 5.76. The van der Waals surface area contributed by atoms with Crippen molar-refractivity contribution < 1.29 is 19.1 Å². The summed E-state index contributed by atoms with van der Waals surface area (Å²) in [6.45, 7) is 3.47. The molecular formula is C28H28N4O4. The van der Waals surface area contributed by atoms with Crippen molar-refractivity contribution in [3.63, 3.8) is 0 Å². The lowest BCUT2D eigenvalue weighted by atomic mass is 10.1. The number of carbonyl (C=O) groups excluding carboxylic acids is 2. The lowest BCUT2D eigenvalue weighted by molar-refractivity contribution is 0.0858. The van der Waals surface area contributed by atoms with Crippen LogP contribution >= 0.6 is 0 Å². The number of hydrogen-bond acceptors (Lipinski definition) is 5. The molecule has 0 radical (unpaired) electrons. The number of nitrogens with one attached hydrogen (secondary N) is 2. The van der Waals surface area contributed by atoms with E-state index in [-0.39, 0.29) is 24.5 Å². The molecule has 36 heavy (non-hydrogen) atoms. The maximum absolute atomic E-state index is 13.0. The highest BCUT2D eigenvalue weighted by Gasteiger charge is 2.19. The molecule has 0 saturated carbocycles. The molecule has 4 aromatic rings. The topological polar surface area (TPSA) is 94.0 Å². The number of aryl methyl sites for hydroxylation is 1. The van der Waals surface area contributed by atoms with Gasteiger partial charge < -0.3 is 24.5 Å². The maximum Gasteiger partial charge on any atom is 0.255 e. The second-order valence-electron chi connectivity index (χ2n) is 8.82. The van der Waals surface area contributed by atoms with Gasteiger partial charge in [0.15, 0.2) is 0 Å². The van der Waals surface area contributed by atoms with E-state index in [2.05, 4.69) is 15.6 Å². The first-order valence-electron chi connectivity index (χ1n) is 12.0. The summed E-state index contributed by atoms with van der Waals surface area (Å²) in [6, 6.07) is 17.9. The van der Waals surface area contributed by atoms with Crippen molar-refractivity contribution in [2.24, 2.45) is 0 Å². The highest BCUT2D eigenvalue weighted by Crippen LogP contribution is 2.20. The number of pyridine rings is 1. The predicted octanol–water partition coefficient (Wildman–Crippen LogP) is 4.38. The highest BCUT2D eigenvalue weighted by atomic mass is 16.5. The minimum atomic E-state index is -0.330. The Balaban J connectivity index is 1.23. The molecule has 1 aliphatic heterocycles. The predicted molar refractivity (Wildman–Crippen MR) is 136 cm³/mol. The zero-order valence-corrected chi connectivity index (χ0v) is 20.1. The number of benzene rings is 2. The molecule has 0 spiro atoms. The van der Waals surface area contributed by atoms with Crippen molar-refractivity contribution in [3.05, 3.63) is 95.4 Å². The van der Waals surface area contributed by atoms with E-state index in [0.29, 0.717) is 29.1 Å². The van der Waals surface area contributed by atoms with Gasteiger partial charge in [0, 0.05) is 31.1 Å². The first kappa shape index (κ1) is 23.6. The minimum Gasteiger partial charge on any atom is -0.487 e. The Kier molecular flexibility index (Phi) is 6.95. The first-order chi connectivity index (χ1) is 17.6. The Hall–Kier alpha value is -4.17. The van der Waals surface area contributed by atoms with Gasteiger partial charge in [-0.25, -0.2) is 4.98 Å². The molecule has 8 heteroatoms. The summed E-state index contributed by atoms with van der Waals surface area (Å²) in [6.07, 6.45) is 5.87. The van der Waals surface area contributed by atoms with Gasteiger partial charge in [0.2, 0.25) is 0 Å². The molecule has 1 saturated heterocycles. The first-order valence-corrected chi connectivity index (χ1v) is 12.0. The van der Waals surface area contributed by atoms with Crippen molar-refractivity contribution >= 4 is 23.1 Å². The van der Waals surface area contributed by atoms with E-state index < -0.39 is 0 Å². The number of ether oxygens (including phenoxy) is 2. The van der Waals surface area contributed by atoms with Crippen LogP contribution in [0.25, 0.3) is 5.65 Å². The van der Waals surface area contributed by atoms with Crippen LogP contribution in [0, 0.1) is 6.92 Å². The molecule has 2 aromatic carbocycles. The molecule has 2 amide bonds. The third kappa shape index (κ3) is 5.39. The standard InChI is InChI=1S/C28H28N4O4/c1-19-7-5-13-32-17-21(30-26(19)32)18-36-22-9-4-8-20(15-22)27(33)31-25-12-3-2-11-24(25)28(34)29-16-23-10-6-14-35-23/h2-5,7-9,11-13,15,17,23H,6,10,14,16,18H2,1H3,(H,29,34)(H,31,33)/t23-/m0/s1. The maximum atomic E-state index is 13.0. The van der Waals surface area contributed by atoms with Crippen molar-refractivity contribution in [2.75, 3.05) is 18.5 Å². The van der Waals surface area contributed by atoms with Crippen molar-refractivity contribution in [2.45, 2.75) is 32.5 Å². The quantitative estimate of drug-likeness (QED) is 0.387. The number of rotatable bonds is 8. The van der Waals surface area contributed by atoms with Gasteiger partial charge in [-0.2, -0.15) is 0 Å². The molecule has 1 atom stereocenters. The van der Waals surface area contributed by atoms with Crippen LogP contribution in [0.2, 0.25) is 0 Å². The number of imidazole rings is 1. The van der Waals surface area contributed by atoms with E-state index in [1.165, 1.54) is 0 Å². The van der Waals surface area contributed by atoms with Gasteiger partial charge in [-0.05, 0) is 61.7 Å². The van der Waals surface area contributed by atoms with Crippen molar-refractivity contribution in [3.8, 4) is 5.75 Å². The largest absolute Gasteiger partial charge is 0.487 e. The van der Waals surface area contributed by atoms with Crippen LogP contribution in [0.15, 0.2) is 73.1 Å². The van der Waals surface area contributed by atoms with E-state index in [1.807, 2.05) is 35.9 Å². The number of anilines is 1. The average Bonchev–Trinajstić information content (AvgIpc) is 3.57. The fourth-order valence-corrected chi connectivity index (χ4v) is 4.25. The summed E-state index contributed by atoms with van der Waals surface area (Å²) in [7, 11) is 0. The second kappa shape index (κ2) is 10.6. The molecule has 5 rings (SSSR count). The Morgan fingerprint density at radius 1 is 1.11 bits per heavy atom. The zero-order valence-electron chi connectivity index (χ0n) is 20.1. The van der Waals surface area contributed by atoms with Crippen LogP contribution in [-0.4, -0.2) is 40.5 Å². The number of hydrogen-bond donors (Lipinski definition) is 2. The van der Waals surface area contributed by atoms with Gasteiger partial charge in [0.1, 0.15) is 18.0 Å². The highest BCUT2D eigenvalue weighted by molar-refractivity contribution is 6.09. The third-order valence-corrected chi connectivity index (χ3v) is 6.14. The fraction of sp³-hybridized carbons (Fsp3) is 0.250. The molecule has 2 aromatic heterocycles. The molecule has 8 nitrogen and oxygen atoms in total. The van der Waals surface area contributed by atoms with Crippen LogP contribution in [0.4, 0.5) is 5.69 Å². The minimum absolute atomic E-state index is 0.0445. The van der Waals surface area contributed by atoms with E-state index in [0.717, 1.165) is 36.4 Å². The van der Waals surface area contributed by atoms with Crippen molar-refractivity contribution in [1.82, 2.24) is 14.7 Å². The number of nitrogens with zero attached hydrogens (tertiary/aromatic N) is 2. The molecule has 184 valence electrons. The fourth-order valence-electron chi connectivity index (χ4n) is 4.25. The van der Waals surface area contributed by atoms with Gasteiger partial charge >= 0.3 is 0 Å².